The predicted molar refractivity (Wildman–Crippen MR) is 48.5 cm³/mol. The first-order valence-electron chi connectivity index (χ1n) is 4.55. The van der Waals surface area contributed by atoms with Crippen LogP contribution in [-0.2, 0) is 4.79 Å². The highest BCUT2D eigenvalue weighted by molar-refractivity contribution is 5.76. The van der Waals surface area contributed by atoms with Gasteiger partial charge in [0.1, 0.15) is 0 Å². The average molecular weight is 173 g/mol. The highest BCUT2D eigenvalue weighted by Crippen LogP contribution is 2.17. The van der Waals surface area contributed by atoms with Gasteiger partial charge in [-0.25, -0.2) is 0 Å². The summed E-state index contributed by atoms with van der Waals surface area (Å²) in [6, 6.07) is 0. The van der Waals surface area contributed by atoms with Crippen LogP contribution in [0.4, 0.5) is 0 Å². The minimum absolute atomic E-state index is 0.0675. The average Bonchev–Trinajstić information content (AvgIpc) is 2.06. The first-order valence-corrected chi connectivity index (χ1v) is 4.55. The molecule has 0 aliphatic heterocycles. The van der Waals surface area contributed by atoms with Crippen molar-refractivity contribution in [3.05, 3.63) is 0 Å². The van der Waals surface area contributed by atoms with E-state index < -0.39 is 0 Å². The highest BCUT2D eigenvalue weighted by atomic mass is 16.3. The first kappa shape index (κ1) is 11.4. The molecular formula is C9H19NO2. The highest BCUT2D eigenvalue weighted by Gasteiger charge is 2.17. The number of hydrogen-bond donors (Lipinski definition) is 2. The fraction of sp³-hybridized carbons (Fsp3) is 0.889. The van der Waals surface area contributed by atoms with Gasteiger partial charge in [0.15, 0.2) is 0 Å². The van der Waals surface area contributed by atoms with Crippen LogP contribution in [0, 0.1) is 11.8 Å². The molecule has 0 saturated heterocycles. The summed E-state index contributed by atoms with van der Waals surface area (Å²) >= 11 is 0. The van der Waals surface area contributed by atoms with E-state index in [9.17, 15) is 4.79 Å². The van der Waals surface area contributed by atoms with Gasteiger partial charge in [-0.3, -0.25) is 4.79 Å². The van der Waals surface area contributed by atoms with Gasteiger partial charge in [-0.1, -0.05) is 20.3 Å². The Bertz CT molecular complexity index is 132. The van der Waals surface area contributed by atoms with Crippen molar-refractivity contribution < 1.29 is 9.90 Å². The predicted octanol–water partition coefficient (Wildman–Crippen LogP) is 0.906. The summed E-state index contributed by atoms with van der Waals surface area (Å²) in [5, 5.41) is 8.90. The molecule has 2 atom stereocenters. The van der Waals surface area contributed by atoms with Gasteiger partial charge in [0.25, 0.3) is 0 Å². The van der Waals surface area contributed by atoms with Crippen LogP contribution in [-0.4, -0.2) is 17.6 Å². The number of primary amides is 1. The fourth-order valence-corrected chi connectivity index (χ4v) is 1.26. The molecule has 2 unspecified atom stereocenters. The maximum atomic E-state index is 10.8. The molecule has 1 amide bonds. The lowest BCUT2D eigenvalue weighted by Crippen LogP contribution is -2.25. The van der Waals surface area contributed by atoms with E-state index in [2.05, 4.69) is 0 Å². The lowest BCUT2D eigenvalue weighted by molar-refractivity contribution is -0.122. The number of hydrogen-bond acceptors (Lipinski definition) is 2. The van der Waals surface area contributed by atoms with Crippen molar-refractivity contribution in [3.63, 3.8) is 0 Å². The molecule has 3 heteroatoms. The zero-order valence-electron chi connectivity index (χ0n) is 7.92. The Kier molecular flexibility index (Phi) is 5.72. The van der Waals surface area contributed by atoms with Crippen molar-refractivity contribution >= 4 is 5.91 Å². The van der Waals surface area contributed by atoms with Gasteiger partial charge >= 0.3 is 0 Å². The van der Waals surface area contributed by atoms with Crippen molar-refractivity contribution in [2.24, 2.45) is 17.6 Å². The van der Waals surface area contributed by atoms with E-state index in [1.807, 2.05) is 13.8 Å². The van der Waals surface area contributed by atoms with Gasteiger partial charge in [0, 0.05) is 12.5 Å². The molecule has 0 aliphatic carbocycles. The molecule has 0 aliphatic rings. The quantitative estimate of drug-likeness (QED) is 0.627. The number of aliphatic hydroxyl groups excluding tert-OH is 1. The number of aliphatic hydroxyl groups is 1. The summed E-state index contributed by atoms with van der Waals surface area (Å²) < 4.78 is 0. The molecule has 3 nitrogen and oxygen atoms in total. The summed E-state index contributed by atoms with van der Waals surface area (Å²) in [6.07, 6.45) is 2.39. The molecule has 0 aromatic carbocycles. The summed E-state index contributed by atoms with van der Waals surface area (Å²) in [4.78, 5) is 10.8. The Morgan fingerprint density at radius 3 is 2.25 bits per heavy atom. The largest absolute Gasteiger partial charge is 0.396 e. The van der Waals surface area contributed by atoms with E-state index in [1.165, 1.54) is 0 Å². The van der Waals surface area contributed by atoms with Crippen LogP contribution in [0.1, 0.15) is 33.1 Å². The minimum atomic E-state index is -0.246. The fourth-order valence-electron chi connectivity index (χ4n) is 1.26. The molecule has 0 aromatic heterocycles. The maximum absolute atomic E-state index is 10.8. The van der Waals surface area contributed by atoms with Crippen molar-refractivity contribution in [3.8, 4) is 0 Å². The maximum Gasteiger partial charge on any atom is 0.220 e. The number of carbonyl (C=O) groups excluding carboxylic acids is 1. The van der Waals surface area contributed by atoms with Crippen LogP contribution in [0.15, 0.2) is 0 Å². The van der Waals surface area contributed by atoms with Crippen molar-refractivity contribution in [1.82, 2.24) is 0 Å². The second-order valence-corrected chi connectivity index (χ2v) is 3.20. The van der Waals surface area contributed by atoms with Crippen LogP contribution in [0.25, 0.3) is 0 Å². The zero-order valence-corrected chi connectivity index (χ0v) is 7.92. The SMILES string of the molecule is CCC(CO)CC(CC)C(N)=O. The van der Waals surface area contributed by atoms with Gasteiger partial charge in [-0.05, 0) is 18.8 Å². The Morgan fingerprint density at radius 2 is 2.00 bits per heavy atom. The molecule has 12 heavy (non-hydrogen) atoms. The number of rotatable bonds is 6. The molecule has 72 valence electrons. The zero-order chi connectivity index (χ0) is 9.56. The second kappa shape index (κ2) is 6.00. The summed E-state index contributed by atoms with van der Waals surface area (Å²) in [7, 11) is 0. The summed E-state index contributed by atoms with van der Waals surface area (Å²) in [5.41, 5.74) is 5.18. The van der Waals surface area contributed by atoms with E-state index >= 15 is 0 Å². The Balaban J connectivity index is 3.91. The summed E-state index contributed by atoms with van der Waals surface area (Å²) in [6.45, 7) is 4.11. The van der Waals surface area contributed by atoms with Gasteiger partial charge < -0.3 is 10.8 Å². The van der Waals surface area contributed by atoms with E-state index in [-0.39, 0.29) is 24.3 Å². The second-order valence-electron chi connectivity index (χ2n) is 3.20. The molecule has 0 heterocycles. The molecule has 0 saturated carbocycles. The molecule has 0 spiro atoms. The van der Waals surface area contributed by atoms with E-state index in [0.29, 0.717) is 0 Å². The van der Waals surface area contributed by atoms with E-state index in [1.54, 1.807) is 0 Å². The first-order chi connectivity index (χ1) is 5.65. The third-order valence-electron chi connectivity index (χ3n) is 2.35. The van der Waals surface area contributed by atoms with Crippen LogP contribution in [0.2, 0.25) is 0 Å². The van der Waals surface area contributed by atoms with Crippen LogP contribution >= 0.6 is 0 Å². The number of amides is 1. The van der Waals surface area contributed by atoms with Crippen LogP contribution in [0.5, 0.6) is 0 Å². The lowest BCUT2D eigenvalue weighted by atomic mass is 9.91. The van der Waals surface area contributed by atoms with Crippen LogP contribution < -0.4 is 5.73 Å². The third kappa shape index (κ3) is 3.72. The molecule has 3 N–H and O–H groups in total. The molecule has 0 rings (SSSR count). The van der Waals surface area contributed by atoms with Crippen molar-refractivity contribution in [2.45, 2.75) is 33.1 Å². The normalized spacial score (nSPS) is 15.6. The Hall–Kier alpha value is -0.570. The van der Waals surface area contributed by atoms with E-state index in [4.69, 9.17) is 10.8 Å². The molecule has 0 bridgehead atoms. The monoisotopic (exact) mass is 173 g/mol. The van der Waals surface area contributed by atoms with Gasteiger partial charge in [-0.2, -0.15) is 0 Å². The Labute approximate surface area is 74.0 Å². The molecule has 0 aromatic rings. The Morgan fingerprint density at radius 1 is 1.42 bits per heavy atom. The minimum Gasteiger partial charge on any atom is -0.396 e. The lowest BCUT2D eigenvalue weighted by Gasteiger charge is -2.16. The standard InChI is InChI=1S/C9H19NO2/c1-3-7(6-11)5-8(4-2)9(10)12/h7-8,11H,3-6H2,1-2H3,(H2,10,12). The molecule has 0 fully saturated rings. The topological polar surface area (TPSA) is 63.3 Å². The molecule has 0 radical (unpaired) electrons. The summed E-state index contributed by atoms with van der Waals surface area (Å²) in [5.74, 6) is -0.0889. The van der Waals surface area contributed by atoms with Crippen LogP contribution in [0.3, 0.4) is 0 Å². The molecular weight excluding hydrogens is 154 g/mol. The van der Waals surface area contributed by atoms with Crippen molar-refractivity contribution in [1.29, 1.82) is 0 Å². The van der Waals surface area contributed by atoms with E-state index in [0.717, 1.165) is 19.3 Å². The number of nitrogens with two attached hydrogens (primary N) is 1. The van der Waals surface area contributed by atoms with Crippen molar-refractivity contribution in [2.75, 3.05) is 6.61 Å². The van der Waals surface area contributed by atoms with Gasteiger partial charge in [0.2, 0.25) is 5.91 Å². The van der Waals surface area contributed by atoms with Gasteiger partial charge in [0.05, 0.1) is 0 Å². The van der Waals surface area contributed by atoms with Gasteiger partial charge in [-0.15, -0.1) is 0 Å². The smallest absolute Gasteiger partial charge is 0.220 e. The number of carbonyl (C=O) groups is 1. The third-order valence-corrected chi connectivity index (χ3v) is 2.35.